The molecule has 0 aliphatic carbocycles. The second kappa shape index (κ2) is 10.3. The number of benzene rings is 3. The van der Waals surface area contributed by atoms with E-state index in [4.69, 9.17) is 0 Å². The summed E-state index contributed by atoms with van der Waals surface area (Å²) >= 11 is 0. The number of hydrogen-bond donors (Lipinski definition) is 3. The zero-order valence-corrected chi connectivity index (χ0v) is 20.9. The van der Waals surface area contributed by atoms with Crippen LogP contribution < -0.4 is 16.0 Å². The Kier molecular flexibility index (Phi) is 6.63. The highest BCUT2D eigenvalue weighted by Gasteiger charge is 2.14. The van der Waals surface area contributed by atoms with Gasteiger partial charge in [-0.3, -0.25) is 9.48 Å². The first-order chi connectivity index (χ1) is 17.9. The number of hydrogen-bond acceptors (Lipinski definition) is 6. The van der Waals surface area contributed by atoms with Gasteiger partial charge in [0.25, 0.3) is 5.91 Å². The maximum absolute atomic E-state index is 12.9. The third-order valence-electron chi connectivity index (χ3n) is 5.76. The van der Waals surface area contributed by atoms with Crippen LogP contribution in [-0.2, 0) is 7.05 Å². The summed E-state index contributed by atoms with van der Waals surface area (Å²) in [5.74, 6) is 1.79. The van der Waals surface area contributed by atoms with Gasteiger partial charge in [-0.05, 0) is 56.3 Å². The zero-order valence-electron chi connectivity index (χ0n) is 20.9. The summed E-state index contributed by atoms with van der Waals surface area (Å²) < 4.78 is 1.59. The Hall–Kier alpha value is -4.98. The smallest absolute Gasteiger partial charge is 0.273 e. The minimum absolute atomic E-state index is 0.226. The first-order valence-electron chi connectivity index (χ1n) is 11.9. The molecule has 0 spiro atoms. The fourth-order valence-corrected chi connectivity index (χ4v) is 3.89. The van der Waals surface area contributed by atoms with Gasteiger partial charge in [0.1, 0.15) is 23.2 Å². The van der Waals surface area contributed by atoms with Gasteiger partial charge in [-0.2, -0.15) is 5.10 Å². The number of aromatic nitrogens is 4. The predicted octanol–water partition coefficient (Wildman–Crippen LogP) is 6.23. The van der Waals surface area contributed by atoms with Crippen LogP contribution in [0.25, 0.3) is 11.3 Å². The molecule has 0 radical (unpaired) electrons. The van der Waals surface area contributed by atoms with Crippen LogP contribution in [0.2, 0.25) is 0 Å². The number of amides is 1. The summed E-state index contributed by atoms with van der Waals surface area (Å²) in [4.78, 5) is 21.9. The lowest BCUT2D eigenvalue weighted by Crippen LogP contribution is -2.16. The molecule has 5 aromatic rings. The van der Waals surface area contributed by atoms with Crippen molar-refractivity contribution in [3.63, 3.8) is 0 Å². The predicted molar refractivity (Wildman–Crippen MR) is 148 cm³/mol. The molecule has 0 saturated heterocycles. The summed E-state index contributed by atoms with van der Waals surface area (Å²) in [5.41, 5.74) is 5.87. The molecule has 0 aliphatic rings. The standard InChI is InChI=1S/C29H27N7O/c1-19-9-11-22(12-10-19)32-27-18-28(31-20(2)30-27)33-23-13-15-24(16-14-23)34-29(37)26-17-25(35-36(26)3)21-7-5-4-6-8-21/h4-18H,1-3H3,(H,34,37)(H2,30,31,32,33). The molecule has 0 aliphatic heterocycles. The van der Waals surface area contributed by atoms with Gasteiger partial charge in [-0.25, -0.2) is 9.97 Å². The summed E-state index contributed by atoms with van der Waals surface area (Å²) in [5, 5.41) is 14.0. The molecule has 0 saturated carbocycles. The summed E-state index contributed by atoms with van der Waals surface area (Å²) in [6.07, 6.45) is 0. The van der Waals surface area contributed by atoms with Gasteiger partial charge in [0.2, 0.25) is 0 Å². The Balaban J connectivity index is 1.25. The minimum Gasteiger partial charge on any atom is -0.340 e. The lowest BCUT2D eigenvalue weighted by Gasteiger charge is -2.11. The highest BCUT2D eigenvalue weighted by molar-refractivity contribution is 6.03. The van der Waals surface area contributed by atoms with E-state index in [1.54, 1.807) is 17.8 Å². The van der Waals surface area contributed by atoms with Gasteiger partial charge >= 0.3 is 0 Å². The monoisotopic (exact) mass is 489 g/mol. The Morgan fingerprint density at radius 3 is 1.92 bits per heavy atom. The van der Waals surface area contributed by atoms with E-state index in [0.717, 1.165) is 22.6 Å². The van der Waals surface area contributed by atoms with Crippen LogP contribution in [0.15, 0.2) is 91.0 Å². The van der Waals surface area contributed by atoms with Crippen molar-refractivity contribution in [3.8, 4) is 11.3 Å². The van der Waals surface area contributed by atoms with E-state index in [2.05, 4.69) is 37.9 Å². The number of anilines is 5. The van der Waals surface area contributed by atoms with Crippen LogP contribution in [0.5, 0.6) is 0 Å². The van der Waals surface area contributed by atoms with Gasteiger partial charge in [0, 0.05) is 35.7 Å². The largest absolute Gasteiger partial charge is 0.340 e. The van der Waals surface area contributed by atoms with Gasteiger partial charge in [-0.15, -0.1) is 0 Å². The van der Waals surface area contributed by atoms with Crippen molar-refractivity contribution < 1.29 is 4.79 Å². The van der Waals surface area contributed by atoms with Crippen molar-refractivity contribution in [2.75, 3.05) is 16.0 Å². The molecular formula is C29H27N7O. The molecule has 8 heteroatoms. The van der Waals surface area contributed by atoms with E-state index in [0.29, 0.717) is 28.8 Å². The van der Waals surface area contributed by atoms with E-state index in [-0.39, 0.29) is 5.91 Å². The molecule has 3 aromatic carbocycles. The van der Waals surface area contributed by atoms with Gasteiger partial charge in [0.15, 0.2) is 0 Å². The number of carbonyl (C=O) groups is 1. The SMILES string of the molecule is Cc1ccc(Nc2cc(Nc3ccc(NC(=O)c4cc(-c5ccccc5)nn4C)cc3)nc(C)n2)cc1. The number of nitrogens with one attached hydrogen (secondary N) is 3. The molecule has 0 atom stereocenters. The highest BCUT2D eigenvalue weighted by Crippen LogP contribution is 2.23. The Morgan fingerprint density at radius 1 is 0.730 bits per heavy atom. The molecule has 5 rings (SSSR count). The van der Waals surface area contributed by atoms with Crippen LogP contribution in [-0.4, -0.2) is 25.7 Å². The Morgan fingerprint density at radius 2 is 1.30 bits per heavy atom. The average Bonchev–Trinajstić information content (AvgIpc) is 3.28. The van der Waals surface area contributed by atoms with Crippen molar-refractivity contribution in [2.24, 2.45) is 7.05 Å². The van der Waals surface area contributed by atoms with Crippen molar-refractivity contribution in [1.82, 2.24) is 19.7 Å². The molecule has 2 heterocycles. The quantitative estimate of drug-likeness (QED) is 0.251. The second-order valence-electron chi connectivity index (χ2n) is 8.74. The Bertz CT molecular complexity index is 1530. The normalized spacial score (nSPS) is 10.7. The molecule has 3 N–H and O–H groups in total. The van der Waals surface area contributed by atoms with Crippen LogP contribution >= 0.6 is 0 Å². The van der Waals surface area contributed by atoms with Crippen LogP contribution in [0.1, 0.15) is 21.9 Å². The molecule has 1 amide bonds. The molecule has 2 aromatic heterocycles. The van der Waals surface area contributed by atoms with Gasteiger partial charge in [-0.1, -0.05) is 48.0 Å². The second-order valence-corrected chi connectivity index (χ2v) is 8.74. The zero-order chi connectivity index (χ0) is 25.8. The molecule has 8 nitrogen and oxygen atoms in total. The van der Waals surface area contributed by atoms with Crippen LogP contribution in [0, 0.1) is 13.8 Å². The number of rotatable bonds is 7. The molecule has 0 bridgehead atoms. The van der Waals surface area contributed by atoms with Crippen LogP contribution in [0.4, 0.5) is 28.7 Å². The van der Waals surface area contributed by atoms with Crippen LogP contribution in [0.3, 0.4) is 0 Å². The molecule has 37 heavy (non-hydrogen) atoms. The summed E-state index contributed by atoms with van der Waals surface area (Å²) in [7, 11) is 1.76. The topological polar surface area (TPSA) is 96.8 Å². The summed E-state index contributed by atoms with van der Waals surface area (Å²) in [6, 6.07) is 29.0. The molecule has 184 valence electrons. The third kappa shape index (κ3) is 5.82. The minimum atomic E-state index is -0.226. The third-order valence-corrected chi connectivity index (χ3v) is 5.76. The molecular weight excluding hydrogens is 462 g/mol. The number of aryl methyl sites for hydroxylation is 3. The van der Waals surface area contributed by atoms with Gasteiger partial charge in [0.05, 0.1) is 5.69 Å². The van der Waals surface area contributed by atoms with E-state index in [1.165, 1.54) is 5.56 Å². The molecule has 0 unspecified atom stereocenters. The fraction of sp³-hybridized carbons (Fsp3) is 0.103. The highest BCUT2D eigenvalue weighted by atomic mass is 16.2. The van der Waals surface area contributed by atoms with E-state index in [1.807, 2.05) is 91.9 Å². The van der Waals surface area contributed by atoms with E-state index in [9.17, 15) is 4.79 Å². The first kappa shape index (κ1) is 23.7. The average molecular weight is 490 g/mol. The van der Waals surface area contributed by atoms with E-state index >= 15 is 0 Å². The van der Waals surface area contributed by atoms with Crippen molar-refractivity contribution >= 4 is 34.6 Å². The fourth-order valence-electron chi connectivity index (χ4n) is 3.89. The first-order valence-corrected chi connectivity index (χ1v) is 11.9. The van der Waals surface area contributed by atoms with Crippen molar-refractivity contribution in [1.29, 1.82) is 0 Å². The lowest BCUT2D eigenvalue weighted by molar-refractivity contribution is 0.101. The number of nitrogens with zero attached hydrogens (tertiary/aromatic N) is 4. The summed E-state index contributed by atoms with van der Waals surface area (Å²) in [6.45, 7) is 3.91. The maximum Gasteiger partial charge on any atom is 0.273 e. The molecule has 0 fully saturated rings. The maximum atomic E-state index is 12.9. The number of carbonyl (C=O) groups excluding carboxylic acids is 1. The van der Waals surface area contributed by atoms with E-state index < -0.39 is 0 Å². The van der Waals surface area contributed by atoms with Crippen molar-refractivity contribution in [3.05, 3.63) is 108 Å². The van der Waals surface area contributed by atoms with Gasteiger partial charge < -0.3 is 16.0 Å². The van der Waals surface area contributed by atoms with Crippen molar-refractivity contribution in [2.45, 2.75) is 13.8 Å². The lowest BCUT2D eigenvalue weighted by atomic mass is 10.1. The Labute approximate surface area is 215 Å².